The molecule has 4 heteroatoms. The molecule has 1 fully saturated rings. The molecule has 1 aromatic heterocycles. The third-order valence-electron chi connectivity index (χ3n) is 2.76. The minimum atomic E-state index is 0.631. The summed E-state index contributed by atoms with van der Waals surface area (Å²) in [4.78, 5) is 0. The summed E-state index contributed by atoms with van der Waals surface area (Å²) in [7, 11) is 0. The molecule has 2 atom stereocenters. The topological polar surface area (TPSA) is 33.6 Å². The van der Waals surface area contributed by atoms with Gasteiger partial charge in [0.1, 0.15) is 5.82 Å². The highest BCUT2D eigenvalue weighted by Gasteiger charge is 2.38. The van der Waals surface area contributed by atoms with Crippen LogP contribution in [0.15, 0.2) is 0 Å². The molecule has 0 amide bonds. The van der Waals surface area contributed by atoms with Gasteiger partial charge in [0.2, 0.25) is 0 Å². The Kier molecular flexibility index (Phi) is 2.24. The van der Waals surface area contributed by atoms with Gasteiger partial charge in [-0.15, -0.1) is 0 Å². The molecule has 0 saturated heterocycles. The molecule has 72 valence electrons. The lowest BCUT2D eigenvalue weighted by atomic mass is 10.2. The molecule has 13 heavy (non-hydrogen) atoms. The molecule has 1 aliphatic carbocycles. The standard InChI is InChI=1S/C9H15N3S/c1-3-4-7-5-8(7)12-6(2)10-11-9(12)13/h7-8H,3-5H2,1-2H3,(H,11,13). The van der Waals surface area contributed by atoms with E-state index in [0.29, 0.717) is 6.04 Å². The third kappa shape index (κ3) is 1.55. The Labute approximate surface area is 83.2 Å². The van der Waals surface area contributed by atoms with Crippen LogP contribution in [-0.2, 0) is 0 Å². The van der Waals surface area contributed by atoms with Crippen LogP contribution < -0.4 is 0 Å². The molecule has 2 unspecified atom stereocenters. The highest BCUT2D eigenvalue weighted by atomic mass is 32.1. The van der Waals surface area contributed by atoms with Crippen molar-refractivity contribution in [1.82, 2.24) is 14.8 Å². The lowest BCUT2D eigenvalue weighted by Gasteiger charge is -2.01. The Morgan fingerprint density at radius 1 is 1.69 bits per heavy atom. The lowest BCUT2D eigenvalue weighted by molar-refractivity contribution is 0.592. The lowest BCUT2D eigenvalue weighted by Crippen LogP contribution is -1.99. The van der Waals surface area contributed by atoms with Gasteiger partial charge in [-0.1, -0.05) is 13.3 Å². The summed E-state index contributed by atoms with van der Waals surface area (Å²) in [5.74, 6) is 1.86. The largest absolute Gasteiger partial charge is 0.301 e. The Morgan fingerprint density at radius 2 is 2.46 bits per heavy atom. The van der Waals surface area contributed by atoms with Crippen LogP contribution in [-0.4, -0.2) is 14.8 Å². The predicted octanol–water partition coefficient (Wildman–Crippen LogP) is 2.61. The summed E-state index contributed by atoms with van der Waals surface area (Å²) in [5.41, 5.74) is 0. The number of H-pyrrole nitrogens is 1. The number of aromatic nitrogens is 3. The zero-order chi connectivity index (χ0) is 9.42. The van der Waals surface area contributed by atoms with E-state index in [1.165, 1.54) is 19.3 Å². The summed E-state index contributed by atoms with van der Waals surface area (Å²) in [6, 6.07) is 0.631. The molecule has 1 N–H and O–H groups in total. The van der Waals surface area contributed by atoms with E-state index in [2.05, 4.69) is 21.7 Å². The van der Waals surface area contributed by atoms with Crippen molar-refractivity contribution in [3.05, 3.63) is 10.6 Å². The minimum absolute atomic E-state index is 0.631. The molecule has 1 aromatic rings. The maximum absolute atomic E-state index is 5.17. The van der Waals surface area contributed by atoms with Crippen LogP contribution in [0.3, 0.4) is 0 Å². The van der Waals surface area contributed by atoms with Gasteiger partial charge in [0.25, 0.3) is 0 Å². The first-order valence-corrected chi connectivity index (χ1v) is 5.28. The summed E-state index contributed by atoms with van der Waals surface area (Å²) in [6.45, 7) is 4.24. The van der Waals surface area contributed by atoms with Crippen molar-refractivity contribution in [3.63, 3.8) is 0 Å². The van der Waals surface area contributed by atoms with Gasteiger partial charge in [0.15, 0.2) is 4.77 Å². The molecule has 1 heterocycles. The van der Waals surface area contributed by atoms with Crippen molar-refractivity contribution in [2.75, 3.05) is 0 Å². The molecular formula is C9H15N3S. The summed E-state index contributed by atoms with van der Waals surface area (Å²) in [5, 5.41) is 6.95. The monoisotopic (exact) mass is 197 g/mol. The second kappa shape index (κ2) is 3.25. The smallest absolute Gasteiger partial charge is 0.195 e. The van der Waals surface area contributed by atoms with Crippen LogP contribution in [0.1, 0.15) is 38.1 Å². The number of aromatic amines is 1. The Morgan fingerprint density at radius 3 is 3.00 bits per heavy atom. The van der Waals surface area contributed by atoms with Gasteiger partial charge in [0, 0.05) is 6.04 Å². The summed E-state index contributed by atoms with van der Waals surface area (Å²) >= 11 is 5.17. The van der Waals surface area contributed by atoms with Crippen LogP contribution in [0.4, 0.5) is 0 Å². The molecule has 0 aliphatic heterocycles. The first kappa shape index (κ1) is 8.94. The average Bonchev–Trinajstić information content (AvgIpc) is 2.74. The first-order valence-electron chi connectivity index (χ1n) is 4.87. The van der Waals surface area contributed by atoms with E-state index >= 15 is 0 Å². The van der Waals surface area contributed by atoms with E-state index in [0.717, 1.165) is 16.5 Å². The highest BCUT2D eigenvalue weighted by molar-refractivity contribution is 7.71. The molecule has 0 bridgehead atoms. The van der Waals surface area contributed by atoms with Crippen molar-refractivity contribution in [3.8, 4) is 0 Å². The Balaban J connectivity index is 2.15. The number of aryl methyl sites for hydroxylation is 1. The average molecular weight is 197 g/mol. The number of hydrogen-bond donors (Lipinski definition) is 1. The van der Waals surface area contributed by atoms with Crippen LogP contribution >= 0.6 is 12.2 Å². The molecule has 1 aliphatic rings. The SMILES string of the molecule is CCCC1CC1n1c(C)n[nH]c1=S. The minimum Gasteiger partial charge on any atom is -0.301 e. The zero-order valence-electron chi connectivity index (χ0n) is 8.08. The Bertz CT molecular complexity index is 352. The van der Waals surface area contributed by atoms with E-state index in [9.17, 15) is 0 Å². The van der Waals surface area contributed by atoms with Gasteiger partial charge >= 0.3 is 0 Å². The Hall–Kier alpha value is -0.640. The maximum atomic E-state index is 5.17. The van der Waals surface area contributed by atoms with Gasteiger partial charge in [-0.05, 0) is 37.9 Å². The van der Waals surface area contributed by atoms with Crippen LogP contribution in [0, 0.1) is 17.6 Å². The molecule has 0 spiro atoms. The second-order valence-corrected chi connectivity index (χ2v) is 4.18. The van der Waals surface area contributed by atoms with Gasteiger partial charge in [0.05, 0.1) is 0 Å². The number of nitrogens with zero attached hydrogens (tertiary/aromatic N) is 2. The van der Waals surface area contributed by atoms with Gasteiger partial charge in [-0.25, -0.2) is 0 Å². The quantitative estimate of drug-likeness (QED) is 0.756. The van der Waals surface area contributed by atoms with Crippen LogP contribution in [0.2, 0.25) is 0 Å². The molecule has 2 rings (SSSR count). The van der Waals surface area contributed by atoms with Gasteiger partial charge in [-0.3, -0.25) is 5.10 Å². The van der Waals surface area contributed by atoms with E-state index < -0.39 is 0 Å². The first-order chi connectivity index (χ1) is 6.24. The highest BCUT2D eigenvalue weighted by Crippen LogP contribution is 2.46. The second-order valence-electron chi connectivity index (χ2n) is 3.80. The molecular weight excluding hydrogens is 182 g/mol. The summed E-state index contributed by atoms with van der Waals surface area (Å²) < 4.78 is 2.94. The van der Waals surface area contributed by atoms with Crippen molar-refractivity contribution in [2.45, 2.75) is 39.2 Å². The van der Waals surface area contributed by atoms with Crippen LogP contribution in [0.5, 0.6) is 0 Å². The van der Waals surface area contributed by atoms with Crippen LogP contribution in [0.25, 0.3) is 0 Å². The fourth-order valence-corrected chi connectivity index (χ4v) is 2.32. The van der Waals surface area contributed by atoms with Crippen molar-refractivity contribution in [1.29, 1.82) is 0 Å². The van der Waals surface area contributed by atoms with E-state index in [1.807, 2.05) is 6.92 Å². The predicted molar refractivity (Wildman–Crippen MR) is 54.2 cm³/mol. The normalized spacial score (nSPS) is 26.3. The molecule has 3 nitrogen and oxygen atoms in total. The maximum Gasteiger partial charge on any atom is 0.195 e. The zero-order valence-corrected chi connectivity index (χ0v) is 8.90. The third-order valence-corrected chi connectivity index (χ3v) is 3.05. The number of rotatable bonds is 3. The van der Waals surface area contributed by atoms with E-state index in [1.54, 1.807) is 0 Å². The molecule has 0 aromatic carbocycles. The molecule has 0 radical (unpaired) electrons. The van der Waals surface area contributed by atoms with E-state index in [-0.39, 0.29) is 0 Å². The van der Waals surface area contributed by atoms with E-state index in [4.69, 9.17) is 12.2 Å². The van der Waals surface area contributed by atoms with Crippen molar-refractivity contribution < 1.29 is 0 Å². The van der Waals surface area contributed by atoms with Crippen molar-refractivity contribution in [2.24, 2.45) is 5.92 Å². The fraction of sp³-hybridized carbons (Fsp3) is 0.778. The summed E-state index contributed by atoms with van der Waals surface area (Å²) in [6.07, 6.45) is 3.87. The van der Waals surface area contributed by atoms with Gasteiger partial charge < -0.3 is 4.57 Å². The fourth-order valence-electron chi connectivity index (χ4n) is 2.00. The van der Waals surface area contributed by atoms with Gasteiger partial charge in [-0.2, -0.15) is 5.10 Å². The molecule has 1 saturated carbocycles. The number of hydrogen-bond acceptors (Lipinski definition) is 2. The van der Waals surface area contributed by atoms with Crippen molar-refractivity contribution >= 4 is 12.2 Å². The number of nitrogens with one attached hydrogen (secondary N) is 1.